The Morgan fingerprint density at radius 1 is 0.828 bits per heavy atom. The quantitative estimate of drug-likeness (QED) is 0.641. The maximum Gasteiger partial charge on any atom is 0.261 e. The van der Waals surface area contributed by atoms with Gasteiger partial charge in [-0.05, 0) is 61.4 Å². The van der Waals surface area contributed by atoms with Crippen molar-refractivity contribution < 1.29 is 16.8 Å². The fraction of sp³-hybridized carbons (Fsp3) is 0.200. The second-order valence-corrected chi connectivity index (χ2v) is 10.5. The summed E-state index contributed by atoms with van der Waals surface area (Å²) in [6.45, 7) is 5.33. The van der Waals surface area contributed by atoms with E-state index in [1.54, 1.807) is 55.5 Å². The highest BCUT2D eigenvalue weighted by molar-refractivity contribution is 7.92. The molecular formula is C20H21N3O4S2. The summed E-state index contributed by atoms with van der Waals surface area (Å²) >= 11 is 0. The molecule has 3 aromatic rings. The average molecular weight is 432 g/mol. The summed E-state index contributed by atoms with van der Waals surface area (Å²) in [6, 6.07) is 14.6. The Bertz CT molecular complexity index is 1240. The number of aromatic nitrogens is 2. The molecule has 0 amide bonds. The second-order valence-electron chi connectivity index (χ2n) is 6.59. The Kier molecular flexibility index (Phi) is 5.72. The van der Waals surface area contributed by atoms with Gasteiger partial charge in [-0.15, -0.1) is 10.2 Å². The van der Waals surface area contributed by atoms with Crippen LogP contribution in [0, 0.1) is 13.8 Å². The number of aryl methyl sites for hydroxylation is 2. The molecule has 0 fully saturated rings. The minimum atomic E-state index is -3.70. The summed E-state index contributed by atoms with van der Waals surface area (Å²) in [5.41, 5.74) is 3.50. The molecule has 0 aliphatic heterocycles. The van der Waals surface area contributed by atoms with Crippen molar-refractivity contribution in [2.75, 3.05) is 10.5 Å². The summed E-state index contributed by atoms with van der Waals surface area (Å²) in [7, 11) is -7.11. The molecule has 3 rings (SSSR count). The molecule has 0 radical (unpaired) electrons. The van der Waals surface area contributed by atoms with E-state index in [1.807, 2.05) is 13.8 Å². The van der Waals surface area contributed by atoms with Crippen LogP contribution in [-0.4, -0.2) is 32.8 Å². The van der Waals surface area contributed by atoms with Crippen molar-refractivity contribution >= 4 is 25.5 Å². The van der Waals surface area contributed by atoms with Crippen LogP contribution in [0.2, 0.25) is 0 Å². The van der Waals surface area contributed by atoms with Gasteiger partial charge in [0.1, 0.15) is 0 Å². The zero-order valence-electron chi connectivity index (χ0n) is 16.2. The lowest BCUT2D eigenvalue weighted by molar-refractivity contribution is 0.591. The lowest BCUT2D eigenvalue weighted by Crippen LogP contribution is -2.13. The normalized spacial score (nSPS) is 12.0. The average Bonchev–Trinajstić information content (AvgIpc) is 2.70. The first-order valence-corrected chi connectivity index (χ1v) is 12.0. The van der Waals surface area contributed by atoms with Crippen LogP contribution in [0.25, 0.3) is 11.3 Å². The van der Waals surface area contributed by atoms with Gasteiger partial charge in [0.15, 0.2) is 14.9 Å². The summed E-state index contributed by atoms with van der Waals surface area (Å²) in [5.74, 6) is -0.0453. The molecule has 0 bridgehead atoms. The largest absolute Gasteiger partial charge is 0.280 e. The molecule has 0 saturated heterocycles. The van der Waals surface area contributed by atoms with E-state index >= 15 is 0 Å². The Balaban J connectivity index is 1.80. The van der Waals surface area contributed by atoms with Crippen LogP contribution in [-0.2, 0) is 19.9 Å². The smallest absolute Gasteiger partial charge is 0.261 e. The van der Waals surface area contributed by atoms with Crippen molar-refractivity contribution in [3.8, 4) is 11.3 Å². The third kappa shape index (κ3) is 4.63. The SMILES string of the molecule is CCS(=O)(=O)c1ccc(-c2ccc(NS(=O)(=O)c3ccc(C)c(C)c3)cc2)nn1. The highest BCUT2D eigenvalue weighted by atomic mass is 32.2. The summed E-state index contributed by atoms with van der Waals surface area (Å²) in [6.07, 6.45) is 0. The van der Waals surface area contributed by atoms with Crippen molar-refractivity contribution in [2.24, 2.45) is 0 Å². The molecule has 2 aromatic carbocycles. The first kappa shape index (κ1) is 20.9. The number of hydrogen-bond donors (Lipinski definition) is 1. The van der Waals surface area contributed by atoms with Crippen LogP contribution >= 0.6 is 0 Å². The maximum absolute atomic E-state index is 12.6. The zero-order valence-corrected chi connectivity index (χ0v) is 17.9. The van der Waals surface area contributed by atoms with Gasteiger partial charge in [0.05, 0.1) is 16.3 Å². The minimum Gasteiger partial charge on any atom is -0.280 e. The van der Waals surface area contributed by atoms with Crippen molar-refractivity contribution in [2.45, 2.75) is 30.7 Å². The first-order valence-electron chi connectivity index (χ1n) is 8.89. The number of benzene rings is 2. The summed E-state index contributed by atoms with van der Waals surface area (Å²) in [5, 5.41) is 7.68. The van der Waals surface area contributed by atoms with Crippen molar-refractivity contribution in [3.63, 3.8) is 0 Å². The lowest BCUT2D eigenvalue weighted by atomic mass is 10.1. The van der Waals surface area contributed by atoms with Gasteiger partial charge in [0.25, 0.3) is 10.0 Å². The molecule has 9 heteroatoms. The Morgan fingerprint density at radius 2 is 1.52 bits per heavy atom. The van der Waals surface area contributed by atoms with Crippen LogP contribution in [0.1, 0.15) is 18.1 Å². The molecule has 0 atom stereocenters. The molecule has 0 saturated carbocycles. The number of sulfonamides is 1. The van der Waals surface area contributed by atoms with Crippen molar-refractivity contribution in [1.82, 2.24) is 10.2 Å². The van der Waals surface area contributed by atoms with E-state index in [9.17, 15) is 16.8 Å². The Morgan fingerprint density at radius 3 is 2.07 bits per heavy atom. The van der Waals surface area contributed by atoms with Crippen LogP contribution in [0.15, 0.2) is 64.5 Å². The molecule has 1 aromatic heterocycles. The molecule has 0 spiro atoms. The molecule has 1 heterocycles. The van der Waals surface area contributed by atoms with Gasteiger partial charge in [-0.1, -0.05) is 25.1 Å². The predicted molar refractivity (Wildman–Crippen MR) is 112 cm³/mol. The number of nitrogens with zero attached hydrogens (tertiary/aromatic N) is 2. The molecule has 1 N–H and O–H groups in total. The predicted octanol–water partition coefficient (Wildman–Crippen LogP) is 3.35. The lowest BCUT2D eigenvalue weighted by Gasteiger charge is -2.10. The molecule has 152 valence electrons. The van der Waals surface area contributed by atoms with Crippen molar-refractivity contribution in [3.05, 3.63) is 65.7 Å². The van der Waals surface area contributed by atoms with Crippen LogP contribution in [0.4, 0.5) is 5.69 Å². The van der Waals surface area contributed by atoms with E-state index in [4.69, 9.17) is 0 Å². The number of sulfone groups is 1. The van der Waals surface area contributed by atoms with E-state index in [0.717, 1.165) is 11.1 Å². The van der Waals surface area contributed by atoms with Gasteiger partial charge in [-0.25, -0.2) is 16.8 Å². The molecule has 0 aliphatic carbocycles. The van der Waals surface area contributed by atoms with E-state index in [1.165, 1.54) is 6.07 Å². The third-order valence-corrected chi connectivity index (χ3v) is 7.55. The monoisotopic (exact) mass is 431 g/mol. The molecular weight excluding hydrogens is 410 g/mol. The van der Waals surface area contributed by atoms with Crippen LogP contribution in [0.5, 0.6) is 0 Å². The van der Waals surface area contributed by atoms with Gasteiger partial charge < -0.3 is 0 Å². The number of anilines is 1. The highest BCUT2D eigenvalue weighted by Crippen LogP contribution is 2.23. The number of nitrogens with one attached hydrogen (secondary N) is 1. The molecule has 0 aliphatic rings. The van der Waals surface area contributed by atoms with E-state index in [0.29, 0.717) is 16.9 Å². The van der Waals surface area contributed by atoms with E-state index in [2.05, 4.69) is 14.9 Å². The van der Waals surface area contributed by atoms with Gasteiger partial charge in [0.2, 0.25) is 0 Å². The first-order chi connectivity index (χ1) is 13.6. The van der Waals surface area contributed by atoms with Gasteiger partial charge in [-0.3, -0.25) is 4.72 Å². The number of rotatable bonds is 6. The summed E-state index contributed by atoms with van der Waals surface area (Å²) < 4.78 is 51.4. The van der Waals surface area contributed by atoms with E-state index < -0.39 is 19.9 Å². The maximum atomic E-state index is 12.6. The second kappa shape index (κ2) is 7.92. The molecule has 0 unspecified atom stereocenters. The topological polar surface area (TPSA) is 106 Å². The Labute approximate surface area is 170 Å². The number of hydrogen-bond acceptors (Lipinski definition) is 6. The molecule has 29 heavy (non-hydrogen) atoms. The molecule has 7 nitrogen and oxygen atoms in total. The summed E-state index contributed by atoms with van der Waals surface area (Å²) in [4.78, 5) is 0.197. The van der Waals surface area contributed by atoms with Crippen LogP contribution < -0.4 is 4.72 Å². The Hall–Kier alpha value is -2.78. The fourth-order valence-corrected chi connectivity index (χ4v) is 4.47. The minimum absolute atomic E-state index is 0.0453. The van der Waals surface area contributed by atoms with Gasteiger partial charge in [0, 0.05) is 11.3 Å². The standard InChI is InChI=1S/C20H21N3O4S2/c1-4-28(24,25)20-12-11-19(21-22-20)16-6-8-17(9-7-16)23-29(26,27)18-10-5-14(2)15(3)13-18/h5-13,23H,4H2,1-3H3. The third-order valence-electron chi connectivity index (χ3n) is 4.56. The zero-order chi connectivity index (χ0) is 21.2. The van der Waals surface area contributed by atoms with Crippen molar-refractivity contribution in [1.29, 1.82) is 0 Å². The van der Waals surface area contributed by atoms with Gasteiger partial charge in [-0.2, -0.15) is 0 Å². The fourth-order valence-electron chi connectivity index (χ4n) is 2.59. The van der Waals surface area contributed by atoms with Gasteiger partial charge >= 0.3 is 0 Å². The van der Waals surface area contributed by atoms with Crippen LogP contribution in [0.3, 0.4) is 0 Å². The van der Waals surface area contributed by atoms with E-state index in [-0.39, 0.29) is 15.7 Å². The highest BCUT2D eigenvalue weighted by Gasteiger charge is 2.16.